The zero-order valence-corrected chi connectivity index (χ0v) is 14.3. The molecule has 1 aliphatic rings. The molecular formula is C20H26N2O. The van der Waals surface area contributed by atoms with Crippen molar-refractivity contribution in [1.29, 1.82) is 0 Å². The number of nitrogens with zero attached hydrogens (tertiary/aromatic N) is 1. The van der Waals surface area contributed by atoms with Gasteiger partial charge in [-0.1, -0.05) is 43.3 Å². The van der Waals surface area contributed by atoms with Gasteiger partial charge in [0.25, 0.3) is 0 Å². The van der Waals surface area contributed by atoms with Crippen molar-refractivity contribution in [1.82, 2.24) is 10.2 Å². The summed E-state index contributed by atoms with van der Waals surface area (Å²) in [5.41, 5.74) is 1.32. The van der Waals surface area contributed by atoms with Crippen molar-refractivity contribution in [3.63, 3.8) is 0 Å². The molecule has 1 saturated heterocycles. The second kappa shape index (κ2) is 6.71. The molecule has 0 aliphatic carbocycles. The Balaban J connectivity index is 1.68. The van der Waals surface area contributed by atoms with E-state index < -0.39 is 0 Å². The molecule has 1 amide bonds. The molecule has 3 heteroatoms. The lowest BCUT2D eigenvalue weighted by molar-refractivity contribution is -0.130. The molecule has 23 heavy (non-hydrogen) atoms. The average Bonchev–Trinajstić information content (AvgIpc) is 2.56. The van der Waals surface area contributed by atoms with Crippen molar-refractivity contribution in [2.24, 2.45) is 5.92 Å². The van der Waals surface area contributed by atoms with E-state index in [9.17, 15) is 4.79 Å². The van der Waals surface area contributed by atoms with E-state index in [0.717, 1.165) is 19.5 Å². The van der Waals surface area contributed by atoms with Crippen molar-refractivity contribution in [2.45, 2.75) is 39.3 Å². The van der Waals surface area contributed by atoms with E-state index in [-0.39, 0.29) is 5.91 Å². The number of nitrogens with one attached hydrogen (secondary N) is 1. The third-order valence-electron chi connectivity index (χ3n) is 5.09. The minimum atomic E-state index is 0.192. The molecule has 1 heterocycles. The van der Waals surface area contributed by atoms with Gasteiger partial charge in [-0.3, -0.25) is 4.79 Å². The lowest BCUT2D eigenvalue weighted by Crippen LogP contribution is -2.50. The highest BCUT2D eigenvalue weighted by Gasteiger charge is 2.28. The standard InChI is InChI=1S/C20H26N2O/c1-14-13-22(16(3)23)11-10-20(14)21-15(2)18-9-8-17-6-4-5-7-19(17)12-18/h4-9,12,14-15,20-21H,10-11,13H2,1-3H3/t14-,15-,20-/m0/s1. The summed E-state index contributed by atoms with van der Waals surface area (Å²) in [5, 5.41) is 6.34. The van der Waals surface area contributed by atoms with E-state index in [0.29, 0.717) is 18.0 Å². The van der Waals surface area contributed by atoms with Gasteiger partial charge in [-0.15, -0.1) is 0 Å². The zero-order valence-electron chi connectivity index (χ0n) is 14.3. The minimum absolute atomic E-state index is 0.192. The van der Waals surface area contributed by atoms with E-state index in [1.807, 2.05) is 4.90 Å². The van der Waals surface area contributed by atoms with Crippen LogP contribution in [0, 0.1) is 5.92 Å². The molecule has 3 atom stereocenters. The van der Waals surface area contributed by atoms with Crippen LogP contribution in [-0.4, -0.2) is 29.9 Å². The maximum atomic E-state index is 11.5. The first-order valence-electron chi connectivity index (χ1n) is 8.55. The van der Waals surface area contributed by atoms with Gasteiger partial charge >= 0.3 is 0 Å². The van der Waals surface area contributed by atoms with Gasteiger partial charge in [0, 0.05) is 32.1 Å². The summed E-state index contributed by atoms with van der Waals surface area (Å²) >= 11 is 0. The molecule has 0 saturated carbocycles. The molecule has 0 radical (unpaired) electrons. The first-order valence-corrected chi connectivity index (χ1v) is 8.55. The number of rotatable bonds is 3. The summed E-state index contributed by atoms with van der Waals surface area (Å²) in [6, 6.07) is 16.0. The number of piperidine rings is 1. The Morgan fingerprint density at radius 2 is 1.96 bits per heavy atom. The maximum Gasteiger partial charge on any atom is 0.219 e. The van der Waals surface area contributed by atoms with Gasteiger partial charge in [-0.25, -0.2) is 0 Å². The van der Waals surface area contributed by atoms with Crippen molar-refractivity contribution in [3.05, 3.63) is 48.0 Å². The topological polar surface area (TPSA) is 32.3 Å². The van der Waals surface area contributed by atoms with Crippen molar-refractivity contribution in [2.75, 3.05) is 13.1 Å². The normalized spacial score (nSPS) is 23.0. The van der Waals surface area contributed by atoms with E-state index in [1.54, 1.807) is 6.92 Å². The molecule has 0 unspecified atom stereocenters. The molecule has 3 rings (SSSR count). The van der Waals surface area contributed by atoms with Crippen molar-refractivity contribution < 1.29 is 4.79 Å². The highest BCUT2D eigenvalue weighted by atomic mass is 16.2. The van der Waals surface area contributed by atoms with Crippen molar-refractivity contribution in [3.8, 4) is 0 Å². The van der Waals surface area contributed by atoms with Crippen LogP contribution in [0.5, 0.6) is 0 Å². The molecule has 0 spiro atoms. The summed E-state index contributed by atoms with van der Waals surface area (Å²) < 4.78 is 0. The molecule has 2 aromatic carbocycles. The van der Waals surface area contributed by atoms with Crippen LogP contribution in [0.3, 0.4) is 0 Å². The van der Waals surface area contributed by atoms with Crippen LogP contribution < -0.4 is 5.32 Å². The lowest BCUT2D eigenvalue weighted by atomic mass is 9.92. The Morgan fingerprint density at radius 1 is 1.22 bits per heavy atom. The van der Waals surface area contributed by atoms with Crippen LogP contribution in [0.1, 0.15) is 38.8 Å². The maximum absolute atomic E-state index is 11.5. The fourth-order valence-corrected chi connectivity index (χ4v) is 3.57. The summed E-state index contributed by atoms with van der Waals surface area (Å²) in [5.74, 6) is 0.674. The number of hydrogen-bond donors (Lipinski definition) is 1. The number of amides is 1. The molecule has 1 N–H and O–H groups in total. The number of hydrogen-bond acceptors (Lipinski definition) is 2. The zero-order chi connectivity index (χ0) is 16.4. The molecule has 3 nitrogen and oxygen atoms in total. The Bertz CT molecular complexity index is 697. The van der Waals surface area contributed by atoms with Crippen LogP contribution in [0.15, 0.2) is 42.5 Å². The van der Waals surface area contributed by atoms with E-state index in [2.05, 4.69) is 61.6 Å². The Morgan fingerprint density at radius 3 is 2.65 bits per heavy atom. The Labute approximate surface area is 138 Å². The SMILES string of the molecule is CC(=O)N1CC[C@H](N[C@@H](C)c2ccc3ccccc3c2)[C@@H](C)C1. The second-order valence-corrected chi connectivity index (χ2v) is 6.83. The molecule has 0 aromatic heterocycles. The van der Waals surface area contributed by atoms with Crippen molar-refractivity contribution >= 4 is 16.7 Å². The van der Waals surface area contributed by atoms with Crippen LogP contribution in [0.4, 0.5) is 0 Å². The highest BCUT2D eigenvalue weighted by molar-refractivity contribution is 5.83. The highest BCUT2D eigenvalue weighted by Crippen LogP contribution is 2.24. The minimum Gasteiger partial charge on any atom is -0.343 e. The summed E-state index contributed by atoms with van der Waals surface area (Å²) in [6.45, 7) is 7.85. The number of carbonyl (C=O) groups is 1. The Hall–Kier alpha value is -1.87. The summed E-state index contributed by atoms with van der Waals surface area (Å²) in [6.07, 6.45) is 1.03. The van der Waals surface area contributed by atoms with Gasteiger partial charge in [0.15, 0.2) is 0 Å². The van der Waals surface area contributed by atoms with Gasteiger partial charge in [-0.05, 0) is 41.7 Å². The summed E-state index contributed by atoms with van der Waals surface area (Å²) in [4.78, 5) is 13.5. The quantitative estimate of drug-likeness (QED) is 0.936. The molecule has 2 aromatic rings. The fraction of sp³-hybridized carbons (Fsp3) is 0.450. The number of fused-ring (bicyclic) bond motifs is 1. The summed E-state index contributed by atoms with van der Waals surface area (Å²) in [7, 11) is 0. The smallest absolute Gasteiger partial charge is 0.219 e. The van der Waals surface area contributed by atoms with E-state index >= 15 is 0 Å². The van der Waals surface area contributed by atoms with Gasteiger partial charge in [0.2, 0.25) is 5.91 Å². The monoisotopic (exact) mass is 310 g/mol. The van der Waals surface area contributed by atoms with Crippen LogP contribution in [-0.2, 0) is 4.79 Å². The lowest BCUT2D eigenvalue weighted by Gasteiger charge is -2.38. The molecule has 0 bridgehead atoms. The average molecular weight is 310 g/mol. The third-order valence-corrected chi connectivity index (χ3v) is 5.09. The van der Waals surface area contributed by atoms with E-state index in [1.165, 1.54) is 16.3 Å². The first-order chi connectivity index (χ1) is 11.0. The predicted octanol–water partition coefficient (Wildman–Crippen LogP) is 3.75. The molecule has 1 aliphatic heterocycles. The number of carbonyl (C=O) groups excluding carboxylic acids is 1. The third kappa shape index (κ3) is 3.56. The Kier molecular flexibility index (Phi) is 4.67. The largest absolute Gasteiger partial charge is 0.343 e. The molecular weight excluding hydrogens is 284 g/mol. The van der Waals surface area contributed by atoms with Crippen LogP contribution in [0.25, 0.3) is 10.8 Å². The first kappa shape index (κ1) is 16.0. The fourth-order valence-electron chi connectivity index (χ4n) is 3.57. The molecule has 122 valence electrons. The van der Waals surface area contributed by atoms with Gasteiger partial charge in [-0.2, -0.15) is 0 Å². The number of likely N-dealkylation sites (tertiary alicyclic amines) is 1. The van der Waals surface area contributed by atoms with Gasteiger partial charge < -0.3 is 10.2 Å². The molecule has 1 fully saturated rings. The van der Waals surface area contributed by atoms with Gasteiger partial charge in [0.1, 0.15) is 0 Å². The van der Waals surface area contributed by atoms with Crippen LogP contribution >= 0.6 is 0 Å². The van der Waals surface area contributed by atoms with Gasteiger partial charge in [0.05, 0.1) is 0 Å². The van der Waals surface area contributed by atoms with E-state index in [4.69, 9.17) is 0 Å². The predicted molar refractivity (Wildman–Crippen MR) is 95.3 cm³/mol. The second-order valence-electron chi connectivity index (χ2n) is 6.83. The number of benzene rings is 2. The van der Waals surface area contributed by atoms with Crippen LogP contribution in [0.2, 0.25) is 0 Å².